The Morgan fingerprint density at radius 1 is 0.586 bits per heavy atom. The van der Waals surface area contributed by atoms with Crippen molar-refractivity contribution in [3.05, 3.63) is 94.0 Å². The summed E-state index contributed by atoms with van der Waals surface area (Å²) in [5.41, 5.74) is 0.288. The SMILES string of the molecule is O=C(O)c1ccc2ccccc2c1Cl.O=C(O)c1ccc2ccccc2c1Cl.[Cd]. The maximum Gasteiger partial charge on any atom is 0.337 e. The molecule has 0 saturated heterocycles. The molecule has 4 aromatic carbocycles. The van der Waals surface area contributed by atoms with Crippen LogP contribution in [0, 0.1) is 0 Å². The van der Waals surface area contributed by atoms with Crippen molar-refractivity contribution >= 4 is 56.7 Å². The number of hydrogen-bond acceptors (Lipinski definition) is 2. The van der Waals surface area contributed by atoms with E-state index >= 15 is 0 Å². The molecule has 0 unspecified atom stereocenters. The minimum Gasteiger partial charge on any atom is -0.478 e. The first-order valence-corrected chi connectivity index (χ1v) is 8.97. The Morgan fingerprint density at radius 3 is 1.28 bits per heavy atom. The van der Waals surface area contributed by atoms with E-state index in [4.69, 9.17) is 33.4 Å². The Hall–Kier alpha value is -2.16. The molecule has 4 rings (SSSR count). The third-order valence-corrected chi connectivity index (χ3v) is 5.00. The predicted octanol–water partition coefficient (Wildman–Crippen LogP) is 6.38. The van der Waals surface area contributed by atoms with Crippen molar-refractivity contribution in [1.82, 2.24) is 0 Å². The Labute approximate surface area is 196 Å². The maximum absolute atomic E-state index is 10.8. The molecule has 0 aromatic heterocycles. The summed E-state index contributed by atoms with van der Waals surface area (Å²) in [5.74, 6) is -2.00. The zero-order valence-corrected chi connectivity index (χ0v) is 20.7. The zero-order chi connectivity index (χ0) is 20.3. The van der Waals surface area contributed by atoms with Crippen LogP contribution in [0.15, 0.2) is 72.8 Å². The van der Waals surface area contributed by atoms with Gasteiger partial charge in [0.05, 0.1) is 21.2 Å². The summed E-state index contributed by atoms with van der Waals surface area (Å²) in [7, 11) is 0. The van der Waals surface area contributed by atoms with Crippen LogP contribution in [0.1, 0.15) is 20.7 Å². The van der Waals surface area contributed by atoms with Crippen LogP contribution in [0.3, 0.4) is 0 Å². The molecule has 2 N–H and O–H groups in total. The number of rotatable bonds is 2. The fourth-order valence-corrected chi connectivity index (χ4v) is 3.43. The van der Waals surface area contributed by atoms with E-state index < -0.39 is 11.9 Å². The fraction of sp³-hybridized carbons (Fsp3) is 0. The van der Waals surface area contributed by atoms with Gasteiger partial charge >= 0.3 is 11.9 Å². The minimum absolute atomic E-state index is 0. The van der Waals surface area contributed by atoms with Gasteiger partial charge in [-0.15, -0.1) is 0 Å². The summed E-state index contributed by atoms with van der Waals surface area (Å²) >= 11 is 11.9. The Morgan fingerprint density at radius 2 is 0.931 bits per heavy atom. The number of carboxylic acids is 2. The van der Waals surface area contributed by atoms with Crippen molar-refractivity contribution in [2.24, 2.45) is 0 Å². The van der Waals surface area contributed by atoms with Gasteiger partial charge in [-0.25, -0.2) is 9.59 Å². The summed E-state index contributed by atoms with van der Waals surface area (Å²) < 4.78 is 0. The van der Waals surface area contributed by atoms with Gasteiger partial charge in [0.15, 0.2) is 0 Å². The van der Waals surface area contributed by atoms with E-state index in [0.29, 0.717) is 10.0 Å². The number of carboxylic acid groups (broad SMARTS) is 2. The quantitative estimate of drug-likeness (QED) is 0.298. The van der Waals surface area contributed by atoms with Crippen LogP contribution in [0.5, 0.6) is 0 Å². The first-order chi connectivity index (χ1) is 13.4. The molecular weight excluding hydrogens is 512 g/mol. The first-order valence-electron chi connectivity index (χ1n) is 8.21. The zero-order valence-electron chi connectivity index (χ0n) is 15.1. The van der Waals surface area contributed by atoms with Crippen LogP contribution >= 0.6 is 23.2 Å². The topological polar surface area (TPSA) is 74.6 Å². The number of aromatic carboxylic acids is 2. The molecule has 29 heavy (non-hydrogen) atoms. The molecule has 0 radical (unpaired) electrons. The summed E-state index contributed by atoms with van der Waals surface area (Å²) in [6.07, 6.45) is 0. The van der Waals surface area contributed by atoms with Crippen LogP contribution in [-0.4, -0.2) is 22.2 Å². The van der Waals surface area contributed by atoms with Gasteiger partial charge in [0.1, 0.15) is 0 Å². The Bertz CT molecular complexity index is 1110. The number of carbonyl (C=O) groups is 2. The van der Waals surface area contributed by atoms with Crippen molar-refractivity contribution in [1.29, 1.82) is 0 Å². The van der Waals surface area contributed by atoms with Crippen molar-refractivity contribution in [2.45, 2.75) is 0 Å². The normalized spacial score (nSPS) is 10.0. The summed E-state index contributed by atoms with van der Waals surface area (Å²) in [4.78, 5) is 21.6. The van der Waals surface area contributed by atoms with Crippen molar-refractivity contribution in [3.8, 4) is 0 Å². The van der Waals surface area contributed by atoms with E-state index in [9.17, 15) is 9.59 Å². The van der Waals surface area contributed by atoms with Crippen LogP contribution in [0.4, 0.5) is 0 Å². The molecule has 0 heterocycles. The molecule has 0 spiro atoms. The van der Waals surface area contributed by atoms with Gasteiger partial charge < -0.3 is 10.2 Å². The molecule has 0 atom stereocenters. The number of fused-ring (bicyclic) bond motifs is 2. The summed E-state index contributed by atoms with van der Waals surface area (Å²) in [6, 6.07) is 21.4. The van der Waals surface area contributed by atoms with Gasteiger partial charge in [-0.05, 0) is 22.9 Å². The number of halogens is 2. The molecule has 4 aromatic rings. The third-order valence-electron chi connectivity index (χ3n) is 4.19. The molecule has 0 fully saturated rings. The smallest absolute Gasteiger partial charge is 0.337 e. The average Bonchev–Trinajstić information content (AvgIpc) is 2.69. The monoisotopic (exact) mass is 526 g/mol. The van der Waals surface area contributed by atoms with E-state index in [1.54, 1.807) is 12.1 Å². The molecule has 0 saturated carbocycles. The second kappa shape index (κ2) is 10.0. The van der Waals surface area contributed by atoms with E-state index in [2.05, 4.69) is 0 Å². The first kappa shape index (κ1) is 23.1. The minimum atomic E-state index is -0.999. The van der Waals surface area contributed by atoms with E-state index in [1.807, 2.05) is 48.5 Å². The van der Waals surface area contributed by atoms with E-state index in [0.717, 1.165) is 21.5 Å². The summed E-state index contributed by atoms with van der Waals surface area (Å²) in [6.45, 7) is 0. The van der Waals surface area contributed by atoms with Gasteiger partial charge in [-0.1, -0.05) is 83.9 Å². The van der Waals surface area contributed by atoms with Gasteiger partial charge in [-0.3, -0.25) is 0 Å². The summed E-state index contributed by atoms with van der Waals surface area (Å²) in [5, 5.41) is 21.7. The number of hydrogen-bond donors (Lipinski definition) is 2. The van der Waals surface area contributed by atoms with Crippen molar-refractivity contribution < 1.29 is 47.1 Å². The van der Waals surface area contributed by atoms with Crippen molar-refractivity contribution in [3.63, 3.8) is 0 Å². The molecule has 0 aliphatic carbocycles. The number of benzene rings is 4. The van der Waals surface area contributed by atoms with Crippen LogP contribution in [0.2, 0.25) is 10.0 Å². The predicted molar refractivity (Wildman–Crippen MR) is 112 cm³/mol. The van der Waals surface area contributed by atoms with Gasteiger partial charge in [0.2, 0.25) is 0 Å². The van der Waals surface area contributed by atoms with E-state index in [1.165, 1.54) is 12.1 Å². The van der Waals surface area contributed by atoms with Crippen LogP contribution in [-0.2, 0) is 27.3 Å². The average molecular weight is 526 g/mol. The van der Waals surface area contributed by atoms with E-state index in [-0.39, 0.29) is 38.4 Å². The van der Waals surface area contributed by atoms with Crippen LogP contribution in [0.25, 0.3) is 21.5 Å². The van der Waals surface area contributed by atoms with Gasteiger partial charge in [-0.2, -0.15) is 0 Å². The second-order valence-electron chi connectivity index (χ2n) is 5.91. The molecule has 7 heteroatoms. The van der Waals surface area contributed by atoms with Crippen molar-refractivity contribution in [2.75, 3.05) is 0 Å². The van der Waals surface area contributed by atoms with Gasteiger partial charge in [0.25, 0.3) is 0 Å². The second-order valence-corrected chi connectivity index (χ2v) is 6.66. The molecule has 0 aliphatic heterocycles. The maximum atomic E-state index is 10.8. The Balaban J connectivity index is 0.000000200. The Kier molecular flexibility index (Phi) is 8.01. The standard InChI is InChI=1S/2C11H7ClO2.Cd/c2*12-10-8-4-2-1-3-7(8)5-6-9(10)11(13)14;/h2*1-6H,(H,13,14);. The fourth-order valence-electron chi connectivity index (χ4n) is 2.80. The van der Waals surface area contributed by atoms with Gasteiger partial charge in [0, 0.05) is 38.1 Å². The molecule has 142 valence electrons. The van der Waals surface area contributed by atoms with Crippen LogP contribution < -0.4 is 0 Å². The molecular formula is C22H14CdCl2O4. The molecule has 4 nitrogen and oxygen atoms in total. The largest absolute Gasteiger partial charge is 0.478 e. The molecule has 0 amide bonds. The molecule has 0 bridgehead atoms. The third kappa shape index (κ3) is 5.07. The molecule has 0 aliphatic rings.